The van der Waals surface area contributed by atoms with Gasteiger partial charge in [-0.1, -0.05) is 0 Å². The van der Waals surface area contributed by atoms with Crippen LogP contribution in [-0.4, -0.2) is 4.98 Å². The van der Waals surface area contributed by atoms with E-state index in [0.717, 1.165) is 6.07 Å². The fourth-order valence-electron chi connectivity index (χ4n) is 0.917. The molecule has 65 valence electrons. The Kier molecular flexibility index (Phi) is 2.08. The Labute approximate surface area is 68.2 Å². The highest BCUT2D eigenvalue weighted by Gasteiger charge is 2.31. The Morgan fingerprint density at radius 2 is 1.92 bits per heavy atom. The topological polar surface area (TPSA) is 12.9 Å². The molecule has 0 saturated carbocycles. The van der Waals surface area contributed by atoms with Crippen molar-refractivity contribution in [2.45, 2.75) is 20.0 Å². The predicted octanol–water partition coefficient (Wildman–Crippen LogP) is 2.52. The van der Waals surface area contributed by atoms with Crippen LogP contribution in [0.5, 0.6) is 0 Å². The van der Waals surface area contributed by atoms with Crippen molar-refractivity contribution in [3.8, 4) is 0 Å². The van der Waals surface area contributed by atoms with Gasteiger partial charge in [-0.05, 0) is 19.9 Å². The summed E-state index contributed by atoms with van der Waals surface area (Å²) < 4.78 is 36.3. The van der Waals surface area contributed by atoms with Gasteiger partial charge in [-0.25, -0.2) is 0 Å². The summed E-state index contributed by atoms with van der Waals surface area (Å²) in [6.07, 6.45) is -4.32. The molecule has 1 aromatic heterocycles. The molecule has 1 radical (unpaired) electrons. The Morgan fingerprint density at radius 1 is 1.33 bits per heavy atom. The van der Waals surface area contributed by atoms with Gasteiger partial charge in [0.15, 0.2) is 0 Å². The first-order valence-corrected chi connectivity index (χ1v) is 3.34. The van der Waals surface area contributed by atoms with Crippen LogP contribution in [0.3, 0.4) is 0 Å². The lowest BCUT2D eigenvalue weighted by Gasteiger charge is -2.06. The summed E-state index contributed by atoms with van der Waals surface area (Å²) in [5.74, 6) is 0. The van der Waals surface area contributed by atoms with Crippen LogP contribution >= 0.6 is 0 Å². The van der Waals surface area contributed by atoms with Crippen molar-refractivity contribution in [1.82, 2.24) is 4.98 Å². The zero-order chi connectivity index (χ0) is 9.35. The zero-order valence-electron chi connectivity index (χ0n) is 6.66. The van der Waals surface area contributed by atoms with E-state index >= 15 is 0 Å². The number of rotatable bonds is 0. The molecule has 0 fully saturated rings. The summed E-state index contributed by atoms with van der Waals surface area (Å²) in [6, 6.07) is 3.13. The van der Waals surface area contributed by atoms with Gasteiger partial charge in [0.1, 0.15) is 0 Å². The van der Waals surface area contributed by atoms with E-state index < -0.39 is 11.7 Å². The molecule has 1 nitrogen and oxygen atoms in total. The van der Waals surface area contributed by atoms with Crippen molar-refractivity contribution in [2.24, 2.45) is 0 Å². The van der Waals surface area contributed by atoms with Crippen molar-refractivity contribution in [3.63, 3.8) is 0 Å². The lowest BCUT2D eigenvalue weighted by molar-refractivity contribution is -0.138. The number of hydrogen-bond acceptors (Lipinski definition) is 1. The summed E-state index contributed by atoms with van der Waals surface area (Å²) in [4.78, 5) is 3.79. The molecule has 0 atom stereocenters. The largest absolute Gasteiger partial charge is 0.417 e. The van der Waals surface area contributed by atoms with Crippen molar-refractivity contribution in [2.75, 3.05) is 0 Å². The second-order valence-corrected chi connectivity index (χ2v) is 2.52. The van der Waals surface area contributed by atoms with Crippen LogP contribution in [0.2, 0.25) is 0 Å². The molecule has 0 aromatic carbocycles. The van der Waals surface area contributed by atoms with Crippen LogP contribution in [0.4, 0.5) is 13.2 Å². The van der Waals surface area contributed by atoms with E-state index in [1.807, 2.05) is 0 Å². The molecule has 0 aliphatic rings. The minimum atomic E-state index is -4.32. The summed E-state index contributed by atoms with van der Waals surface area (Å²) in [6.45, 7) is 3.01. The van der Waals surface area contributed by atoms with Gasteiger partial charge < -0.3 is 0 Å². The average Bonchev–Trinajstić information content (AvgIpc) is 1.82. The fraction of sp³-hybridized carbons (Fsp3) is 0.375. The number of halogens is 3. The van der Waals surface area contributed by atoms with Crippen LogP contribution in [0.15, 0.2) is 6.07 Å². The lowest BCUT2D eigenvalue weighted by atomic mass is 10.2. The minimum Gasteiger partial charge on any atom is -0.258 e. The molecule has 1 heterocycles. The Balaban J connectivity index is 3.18. The van der Waals surface area contributed by atoms with Crippen molar-refractivity contribution < 1.29 is 13.2 Å². The van der Waals surface area contributed by atoms with Gasteiger partial charge in [0.2, 0.25) is 0 Å². The third-order valence-electron chi connectivity index (χ3n) is 1.32. The van der Waals surface area contributed by atoms with Crippen LogP contribution in [-0.2, 0) is 6.18 Å². The first-order chi connectivity index (χ1) is 5.39. The monoisotopic (exact) mass is 174 g/mol. The summed E-state index contributed by atoms with van der Waals surface area (Å²) in [5.41, 5.74) is -0.131. The van der Waals surface area contributed by atoms with Gasteiger partial charge >= 0.3 is 6.18 Å². The van der Waals surface area contributed by atoms with E-state index in [0.29, 0.717) is 5.69 Å². The summed E-state index contributed by atoms with van der Waals surface area (Å²) >= 11 is 0. The number of hydrogen-bond donors (Lipinski definition) is 0. The maximum atomic E-state index is 12.1. The minimum absolute atomic E-state index is 0.266. The highest BCUT2D eigenvalue weighted by molar-refractivity contribution is 5.21. The molecule has 0 aliphatic carbocycles. The van der Waals surface area contributed by atoms with E-state index in [-0.39, 0.29) is 5.69 Å². The smallest absolute Gasteiger partial charge is 0.258 e. The van der Waals surface area contributed by atoms with Crippen molar-refractivity contribution in [1.29, 1.82) is 0 Å². The molecule has 0 N–H and O–H groups in total. The maximum absolute atomic E-state index is 12.1. The molecule has 0 aliphatic heterocycles. The van der Waals surface area contributed by atoms with Crippen LogP contribution in [0.1, 0.15) is 17.0 Å². The SMILES string of the molecule is Cc1[c]c(C(F)(F)F)cc(C)n1. The highest BCUT2D eigenvalue weighted by Crippen LogP contribution is 2.29. The first-order valence-electron chi connectivity index (χ1n) is 3.34. The quantitative estimate of drug-likeness (QED) is 0.588. The number of nitrogens with zero attached hydrogens (tertiary/aromatic N) is 1. The first kappa shape index (κ1) is 9.03. The average molecular weight is 174 g/mol. The molecule has 0 amide bonds. The number of aromatic nitrogens is 1. The standard InChI is InChI=1S/C8H7F3N/c1-5-3-7(8(9,10)11)4-6(2)12-5/h3H,1-2H3. The zero-order valence-corrected chi connectivity index (χ0v) is 6.66. The normalized spacial score (nSPS) is 11.8. The van der Waals surface area contributed by atoms with Gasteiger partial charge in [0.25, 0.3) is 0 Å². The molecule has 1 aromatic rings. The molecular weight excluding hydrogens is 167 g/mol. The molecule has 0 saturated heterocycles. The maximum Gasteiger partial charge on any atom is 0.417 e. The molecule has 0 unspecified atom stereocenters. The number of pyridine rings is 1. The van der Waals surface area contributed by atoms with E-state index in [1.54, 1.807) is 0 Å². The van der Waals surface area contributed by atoms with E-state index in [4.69, 9.17) is 0 Å². The Hall–Kier alpha value is -1.06. The van der Waals surface area contributed by atoms with Gasteiger partial charge in [-0.15, -0.1) is 0 Å². The van der Waals surface area contributed by atoms with Crippen molar-refractivity contribution >= 4 is 0 Å². The summed E-state index contributed by atoms with van der Waals surface area (Å²) in [7, 11) is 0. The molecule has 4 heteroatoms. The summed E-state index contributed by atoms with van der Waals surface area (Å²) in [5, 5.41) is 0. The molecule has 12 heavy (non-hydrogen) atoms. The van der Waals surface area contributed by atoms with Crippen LogP contribution in [0.25, 0.3) is 0 Å². The van der Waals surface area contributed by atoms with Crippen molar-refractivity contribution in [3.05, 3.63) is 29.1 Å². The second kappa shape index (κ2) is 2.77. The molecule has 1 rings (SSSR count). The Bertz CT molecular complexity index is 271. The number of alkyl halides is 3. The third kappa shape index (κ3) is 1.96. The molecule has 0 spiro atoms. The van der Waals surface area contributed by atoms with Gasteiger partial charge in [0.05, 0.1) is 5.56 Å². The molecular formula is C8H7F3N. The van der Waals surface area contributed by atoms with E-state index in [1.165, 1.54) is 13.8 Å². The lowest BCUT2D eigenvalue weighted by Crippen LogP contribution is -2.06. The van der Waals surface area contributed by atoms with E-state index in [9.17, 15) is 13.2 Å². The van der Waals surface area contributed by atoms with Gasteiger partial charge in [-0.3, -0.25) is 4.98 Å². The fourth-order valence-corrected chi connectivity index (χ4v) is 0.917. The van der Waals surface area contributed by atoms with E-state index in [2.05, 4.69) is 11.1 Å². The van der Waals surface area contributed by atoms with Crippen LogP contribution in [0, 0.1) is 19.9 Å². The van der Waals surface area contributed by atoms with Gasteiger partial charge in [-0.2, -0.15) is 13.2 Å². The Morgan fingerprint density at radius 3 is 2.33 bits per heavy atom. The van der Waals surface area contributed by atoms with Crippen LogP contribution < -0.4 is 0 Å². The third-order valence-corrected chi connectivity index (χ3v) is 1.32. The highest BCUT2D eigenvalue weighted by atomic mass is 19.4. The predicted molar refractivity (Wildman–Crippen MR) is 37.5 cm³/mol. The molecule has 0 bridgehead atoms. The number of aryl methyl sites for hydroxylation is 2. The van der Waals surface area contributed by atoms with Gasteiger partial charge in [0, 0.05) is 17.5 Å². The second-order valence-electron chi connectivity index (χ2n) is 2.52.